The summed E-state index contributed by atoms with van der Waals surface area (Å²) in [7, 11) is 1.70. The van der Waals surface area contributed by atoms with Crippen LogP contribution in [0.25, 0.3) is 0 Å². The molecular weight excluding hydrogens is 260 g/mol. The van der Waals surface area contributed by atoms with E-state index in [2.05, 4.69) is 5.32 Å². The number of amides is 2. The fourth-order valence-corrected chi connectivity index (χ4v) is 3.13. The van der Waals surface area contributed by atoms with Gasteiger partial charge in [0.15, 0.2) is 0 Å². The largest absolute Gasteiger partial charge is 0.393 e. The average molecular weight is 284 g/mol. The molecule has 0 spiro atoms. The predicted octanol–water partition coefficient (Wildman–Crippen LogP) is -0.245. The van der Waals surface area contributed by atoms with E-state index in [0.717, 1.165) is 12.8 Å². The first-order chi connectivity index (χ1) is 9.45. The summed E-state index contributed by atoms with van der Waals surface area (Å²) in [5, 5.41) is 12.4. The molecule has 2 aliphatic heterocycles. The number of carbonyl (C=O) groups excluding carboxylic acids is 2. The van der Waals surface area contributed by atoms with Crippen LogP contribution in [0.15, 0.2) is 0 Å². The molecular formula is C14H24N2O4. The SMILES string of the molecule is COC1CCN(C(=O)C(C)[C@H]2NC(=O)[C@@H]2[C@@H](C)O)CC1. The van der Waals surface area contributed by atoms with E-state index in [9.17, 15) is 14.7 Å². The highest BCUT2D eigenvalue weighted by atomic mass is 16.5. The number of ether oxygens (including phenoxy) is 1. The Morgan fingerprint density at radius 3 is 2.45 bits per heavy atom. The fourth-order valence-electron chi connectivity index (χ4n) is 3.13. The molecule has 0 aliphatic carbocycles. The van der Waals surface area contributed by atoms with Gasteiger partial charge in [-0.3, -0.25) is 9.59 Å². The zero-order valence-corrected chi connectivity index (χ0v) is 12.3. The number of hydrogen-bond donors (Lipinski definition) is 2. The van der Waals surface area contributed by atoms with Gasteiger partial charge in [-0.05, 0) is 19.8 Å². The maximum Gasteiger partial charge on any atom is 0.228 e. The molecule has 2 N–H and O–H groups in total. The lowest BCUT2D eigenvalue weighted by Gasteiger charge is -2.43. The maximum absolute atomic E-state index is 12.5. The van der Waals surface area contributed by atoms with Crippen molar-refractivity contribution in [3.8, 4) is 0 Å². The minimum Gasteiger partial charge on any atom is -0.393 e. The summed E-state index contributed by atoms with van der Waals surface area (Å²) in [6, 6.07) is -0.254. The van der Waals surface area contributed by atoms with Gasteiger partial charge in [0.05, 0.1) is 30.1 Å². The number of aliphatic hydroxyl groups is 1. The van der Waals surface area contributed by atoms with Gasteiger partial charge in [-0.2, -0.15) is 0 Å². The monoisotopic (exact) mass is 284 g/mol. The van der Waals surface area contributed by atoms with E-state index in [4.69, 9.17) is 4.74 Å². The van der Waals surface area contributed by atoms with Crippen molar-refractivity contribution < 1.29 is 19.4 Å². The topological polar surface area (TPSA) is 78.9 Å². The molecule has 4 atom stereocenters. The van der Waals surface area contributed by atoms with E-state index < -0.39 is 12.0 Å². The lowest BCUT2D eigenvalue weighted by atomic mass is 9.78. The maximum atomic E-state index is 12.5. The van der Waals surface area contributed by atoms with Crippen molar-refractivity contribution >= 4 is 11.8 Å². The number of aliphatic hydroxyl groups excluding tert-OH is 1. The van der Waals surface area contributed by atoms with Crippen molar-refractivity contribution in [2.75, 3.05) is 20.2 Å². The van der Waals surface area contributed by atoms with Gasteiger partial charge in [0.1, 0.15) is 0 Å². The van der Waals surface area contributed by atoms with E-state index in [1.54, 1.807) is 14.0 Å². The Bertz CT molecular complexity index is 377. The summed E-state index contributed by atoms with van der Waals surface area (Å²) in [6.45, 7) is 4.81. The Balaban J connectivity index is 1.91. The van der Waals surface area contributed by atoms with Crippen LogP contribution in [0, 0.1) is 11.8 Å². The molecule has 114 valence electrons. The minimum absolute atomic E-state index is 0.0511. The van der Waals surface area contributed by atoms with Crippen LogP contribution >= 0.6 is 0 Å². The number of piperidine rings is 1. The Morgan fingerprint density at radius 1 is 1.40 bits per heavy atom. The van der Waals surface area contributed by atoms with Gasteiger partial charge in [-0.1, -0.05) is 6.92 Å². The fraction of sp³-hybridized carbons (Fsp3) is 0.857. The molecule has 0 aromatic heterocycles. The van der Waals surface area contributed by atoms with Crippen LogP contribution in [-0.2, 0) is 14.3 Å². The number of hydrogen-bond acceptors (Lipinski definition) is 4. The third-order valence-electron chi connectivity index (χ3n) is 4.53. The summed E-state index contributed by atoms with van der Waals surface area (Å²) in [6.07, 6.45) is 1.23. The van der Waals surface area contributed by atoms with Gasteiger partial charge in [0.2, 0.25) is 11.8 Å². The number of rotatable bonds is 4. The molecule has 0 aromatic carbocycles. The normalized spacial score (nSPS) is 30.4. The molecule has 2 aliphatic rings. The standard InChI is InChI=1S/C14H24N2O4/c1-8(12-11(9(2)17)13(18)15-12)14(19)16-6-4-10(20-3)5-7-16/h8-12,17H,4-7H2,1-3H3,(H,15,18)/t8?,9-,11-,12-/m1/s1. The highest BCUT2D eigenvalue weighted by Crippen LogP contribution is 2.27. The van der Waals surface area contributed by atoms with Crippen molar-refractivity contribution in [2.45, 2.75) is 44.9 Å². The molecule has 1 unspecified atom stereocenters. The number of carbonyl (C=O) groups is 2. The summed E-state index contributed by atoms with van der Waals surface area (Å²) in [5.74, 6) is -0.880. The first-order valence-corrected chi connectivity index (χ1v) is 7.25. The smallest absolute Gasteiger partial charge is 0.228 e. The van der Waals surface area contributed by atoms with Gasteiger partial charge in [0.25, 0.3) is 0 Å². The van der Waals surface area contributed by atoms with Crippen molar-refractivity contribution in [3.63, 3.8) is 0 Å². The van der Waals surface area contributed by atoms with E-state index in [-0.39, 0.29) is 29.9 Å². The molecule has 2 fully saturated rings. The van der Waals surface area contributed by atoms with Crippen molar-refractivity contribution in [1.82, 2.24) is 10.2 Å². The Hall–Kier alpha value is -1.14. The first-order valence-electron chi connectivity index (χ1n) is 7.25. The Morgan fingerprint density at radius 2 is 2.00 bits per heavy atom. The first kappa shape index (κ1) is 15.3. The van der Waals surface area contributed by atoms with Gasteiger partial charge in [0, 0.05) is 20.2 Å². The number of β-lactam (4-membered cyclic amide) rings is 1. The van der Waals surface area contributed by atoms with Crippen molar-refractivity contribution in [1.29, 1.82) is 0 Å². The van der Waals surface area contributed by atoms with Gasteiger partial charge >= 0.3 is 0 Å². The second kappa shape index (κ2) is 6.10. The molecule has 0 bridgehead atoms. The summed E-state index contributed by atoms with van der Waals surface area (Å²) in [5.41, 5.74) is 0. The molecule has 6 nitrogen and oxygen atoms in total. The van der Waals surface area contributed by atoms with Crippen LogP contribution in [0.1, 0.15) is 26.7 Å². The zero-order valence-electron chi connectivity index (χ0n) is 12.3. The van der Waals surface area contributed by atoms with Crippen LogP contribution < -0.4 is 5.32 Å². The molecule has 0 saturated carbocycles. The third kappa shape index (κ3) is 2.81. The molecule has 2 amide bonds. The number of nitrogens with zero attached hydrogens (tertiary/aromatic N) is 1. The second-order valence-corrected chi connectivity index (χ2v) is 5.85. The van der Waals surface area contributed by atoms with Crippen LogP contribution in [0.2, 0.25) is 0 Å². The molecule has 20 heavy (non-hydrogen) atoms. The van der Waals surface area contributed by atoms with Crippen molar-refractivity contribution in [3.05, 3.63) is 0 Å². The predicted molar refractivity (Wildman–Crippen MR) is 72.9 cm³/mol. The van der Waals surface area contributed by atoms with Gasteiger partial charge in [-0.15, -0.1) is 0 Å². The van der Waals surface area contributed by atoms with E-state index in [0.29, 0.717) is 13.1 Å². The highest BCUT2D eigenvalue weighted by molar-refractivity contribution is 5.90. The number of methoxy groups -OCH3 is 1. The minimum atomic E-state index is -0.719. The van der Waals surface area contributed by atoms with E-state index >= 15 is 0 Å². The molecule has 2 saturated heterocycles. The van der Waals surface area contributed by atoms with Crippen LogP contribution in [0.5, 0.6) is 0 Å². The second-order valence-electron chi connectivity index (χ2n) is 5.85. The van der Waals surface area contributed by atoms with Crippen LogP contribution in [-0.4, -0.2) is 60.3 Å². The van der Waals surface area contributed by atoms with E-state index in [1.807, 2.05) is 11.8 Å². The highest BCUT2D eigenvalue weighted by Gasteiger charge is 2.47. The summed E-state index contributed by atoms with van der Waals surface area (Å²) < 4.78 is 5.29. The molecule has 2 heterocycles. The number of likely N-dealkylation sites (tertiary alicyclic amines) is 1. The quantitative estimate of drug-likeness (QED) is 0.698. The molecule has 0 aromatic rings. The Labute approximate surface area is 119 Å². The summed E-state index contributed by atoms with van der Waals surface area (Å²) >= 11 is 0. The number of nitrogens with one attached hydrogen (secondary N) is 1. The van der Waals surface area contributed by atoms with Crippen LogP contribution in [0.4, 0.5) is 0 Å². The lowest BCUT2D eigenvalue weighted by Crippen LogP contribution is -2.66. The zero-order chi connectivity index (χ0) is 14.9. The van der Waals surface area contributed by atoms with Gasteiger partial charge in [-0.25, -0.2) is 0 Å². The van der Waals surface area contributed by atoms with E-state index in [1.165, 1.54) is 0 Å². The molecule has 2 rings (SSSR count). The summed E-state index contributed by atoms with van der Waals surface area (Å²) in [4.78, 5) is 25.7. The van der Waals surface area contributed by atoms with Crippen molar-refractivity contribution in [2.24, 2.45) is 11.8 Å². The third-order valence-corrected chi connectivity index (χ3v) is 4.53. The lowest BCUT2D eigenvalue weighted by molar-refractivity contribution is -0.149. The average Bonchev–Trinajstić information content (AvgIpc) is 2.42. The molecule has 0 radical (unpaired) electrons. The Kier molecular flexibility index (Phi) is 4.65. The molecule has 6 heteroatoms. The van der Waals surface area contributed by atoms with Crippen LogP contribution in [0.3, 0.4) is 0 Å². The van der Waals surface area contributed by atoms with Gasteiger partial charge < -0.3 is 20.1 Å².